The van der Waals surface area contributed by atoms with Crippen molar-refractivity contribution in [3.8, 4) is 0 Å². The fourth-order valence-corrected chi connectivity index (χ4v) is 3.79. The first-order valence-corrected chi connectivity index (χ1v) is 9.34. The minimum atomic E-state index is -0.119. The molecule has 0 aliphatic carbocycles. The number of carbonyl (C=O) groups excluding carboxylic acids is 2. The summed E-state index contributed by atoms with van der Waals surface area (Å²) in [7, 11) is 1.82. The molecule has 1 aromatic carbocycles. The Balaban J connectivity index is 1.55. The van der Waals surface area contributed by atoms with Gasteiger partial charge in [0, 0.05) is 58.7 Å². The van der Waals surface area contributed by atoms with Gasteiger partial charge in [0.15, 0.2) is 0 Å². The lowest BCUT2D eigenvalue weighted by atomic mass is 9.95. The molecule has 1 atom stereocenters. The van der Waals surface area contributed by atoms with E-state index in [1.807, 2.05) is 11.9 Å². The fraction of sp³-hybridized carbons (Fsp3) is 0.600. The minimum Gasteiger partial charge on any atom is -0.346 e. The summed E-state index contributed by atoms with van der Waals surface area (Å²) in [5.74, 6) is 0.159. The summed E-state index contributed by atoms with van der Waals surface area (Å²) in [5.41, 5.74) is 2.69. The first kappa shape index (κ1) is 17.9. The maximum atomic E-state index is 12.8. The van der Waals surface area contributed by atoms with Crippen molar-refractivity contribution in [2.24, 2.45) is 5.92 Å². The summed E-state index contributed by atoms with van der Waals surface area (Å²) in [4.78, 5) is 30.9. The van der Waals surface area contributed by atoms with E-state index in [2.05, 4.69) is 36.1 Å². The van der Waals surface area contributed by atoms with E-state index in [0.717, 1.165) is 45.6 Å². The zero-order valence-corrected chi connectivity index (χ0v) is 15.4. The Labute approximate surface area is 150 Å². The molecule has 0 spiro atoms. The van der Waals surface area contributed by atoms with Crippen molar-refractivity contribution >= 4 is 11.8 Å². The van der Waals surface area contributed by atoms with E-state index in [1.165, 1.54) is 11.1 Å². The normalized spacial score (nSPS) is 22.8. The molecule has 3 rings (SSSR count). The van der Waals surface area contributed by atoms with Crippen LogP contribution in [0.15, 0.2) is 24.3 Å². The molecule has 2 fully saturated rings. The van der Waals surface area contributed by atoms with E-state index in [-0.39, 0.29) is 17.7 Å². The molecule has 0 N–H and O–H groups in total. The molecule has 1 aromatic rings. The highest BCUT2D eigenvalue weighted by Crippen LogP contribution is 2.21. The number of aryl methyl sites for hydroxylation is 1. The van der Waals surface area contributed by atoms with Crippen LogP contribution in [0.25, 0.3) is 0 Å². The van der Waals surface area contributed by atoms with E-state index in [1.54, 1.807) is 4.90 Å². The first-order chi connectivity index (χ1) is 12.0. The van der Waals surface area contributed by atoms with Gasteiger partial charge < -0.3 is 9.80 Å². The average molecular weight is 343 g/mol. The Hall–Kier alpha value is -1.88. The molecule has 0 unspecified atom stereocenters. The molecule has 0 saturated carbocycles. The van der Waals surface area contributed by atoms with Crippen LogP contribution in [0.5, 0.6) is 0 Å². The van der Waals surface area contributed by atoms with E-state index < -0.39 is 0 Å². The molecule has 0 bridgehead atoms. The van der Waals surface area contributed by atoms with Crippen LogP contribution in [-0.4, -0.2) is 66.3 Å². The van der Waals surface area contributed by atoms with E-state index >= 15 is 0 Å². The number of hydrogen-bond acceptors (Lipinski definition) is 3. The molecule has 2 aliphatic rings. The van der Waals surface area contributed by atoms with Gasteiger partial charge in [-0.2, -0.15) is 0 Å². The van der Waals surface area contributed by atoms with Crippen LogP contribution in [0.1, 0.15) is 30.4 Å². The van der Waals surface area contributed by atoms with Crippen LogP contribution in [0.3, 0.4) is 0 Å². The first-order valence-electron chi connectivity index (χ1n) is 9.34. The Kier molecular flexibility index (Phi) is 5.74. The molecular weight excluding hydrogens is 314 g/mol. The van der Waals surface area contributed by atoms with Crippen molar-refractivity contribution in [3.05, 3.63) is 35.4 Å². The molecule has 5 heteroatoms. The average Bonchev–Trinajstić information content (AvgIpc) is 2.84. The van der Waals surface area contributed by atoms with Gasteiger partial charge in [-0.05, 0) is 30.9 Å². The maximum absolute atomic E-state index is 12.8. The highest BCUT2D eigenvalue weighted by molar-refractivity contribution is 5.86. The van der Waals surface area contributed by atoms with Crippen LogP contribution in [0.2, 0.25) is 0 Å². The van der Waals surface area contributed by atoms with E-state index in [9.17, 15) is 9.59 Å². The summed E-state index contributed by atoms with van der Waals surface area (Å²) in [6.45, 7) is 7.30. The Bertz CT molecular complexity index is 631. The molecule has 136 valence electrons. The number of piperidine rings is 1. The Morgan fingerprint density at radius 1 is 1.12 bits per heavy atom. The molecular formula is C20H29N3O2. The van der Waals surface area contributed by atoms with Gasteiger partial charge in [0.2, 0.25) is 11.8 Å². The smallest absolute Gasteiger partial charge is 0.226 e. The number of rotatable bonds is 3. The van der Waals surface area contributed by atoms with Crippen LogP contribution in [0, 0.1) is 12.8 Å². The van der Waals surface area contributed by atoms with Gasteiger partial charge in [-0.15, -0.1) is 0 Å². The summed E-state index contributed by atoms with van der Waals surface area (Å²) >= 11 is 0. The summed E-state index contributed by atoms with van der Waals surface area (Å²) in [5, 5.41) is 0. The predicted molar refractivity (Wildman–Crippen MR) is 98.0 cm³/mol. The van der Waals surface area contributed by atoms with Gasteiger partial charge in [0.25, 0.3) is 0 Å². The number of nitrogens with zero attached hydrogens (tertiary/aromatic N) is 3. The lowest BCUT2D eigenvalue weighted by molar-refractivity contribution is -0.144. The van der Waals surface area contributed by atoms with Crippen LogP contribution in [-0.2, 0) is 16.1 Å². The number of likely N-dealkylation sites (tertiary alicyclic amines) is 1. The largest absolute Gasteiger partial charge is 0.346 e. The molecule has 2 amide bonds. The van der Waals surface area contributed by atoms with Gasteiger partial charge in [0.05, 0.1) is 0 Å². The predicted octanol–water partition coefficient (Wildman–Crippen LogP) is 1.90. The second-order valence-electron chi connectivity index (χ2n) is 7.39. The summed E-state index contributed by atoms with van der Waals surface area (Å²) in [6.07, 6.45) is 2.17. The molecule has 0 aromatic heterocycles. The second kappa shape index (κ2) is 8.00. The van der Waals surface area contributed by atoms with Gasteiger partial charge in [-0.25, -0.2) is 0 Å². The van der Waals surface area contributed by atoms with Gasteiger partial charge in [-0.1, -0.05) is 24.3 Å². The van der Waals surface area contributed by atoms with Gasteiger partial charge >= 0.3 is 0 Å². The third kappa shape index (κ3) is 4.40. The van der Waals surface area contributed by atoms with Gasteiger partial charge in [0.1, 0.15) is 0 Å². The van der Waals surface area contributed by atoms with E-state index in [4.69, 9.17) is 0 Å². The molecule has 5 nitrogen and oxygen atoms in total. The highest BCUT2D eigenvalue weighted by Gasteiger charge is 2.32. The Morgan fingerprint density at radius 2 is 1.92 bits per heavy atom. The molecule has 0 radical (unpaired) electrons. The lowest BCUT2D eigenvalue weighted by Crippen LogP contribution is -2.44. The minimum absolute atomic E-state index is 0.0978. The van der Waals surface area contributed by atoms with E-state index in [0.29, 0.717) is 13.0 Å². The standard InChI is InChI=1S/C20H29N3O2/c1-16-6-3-4-7-18(16)15-22-9-5-10-23(13-12-22)20(25)17-8-11-21(2)19(24)14-17/h3-4,6-7,17H,5,8-15H2,1-2H3/t17-/m0/s1. The zero-order chi connectivity index (χ0) is 17.8. The summed E-state index contributed by atoms with van der Waals surface area (Å²) in [6, 6.07) is 8.50. The lowest BCUT2D eigenvalue weighted by Gasteiger charge is -2.31. The second-order valence-corrected chi connectivity index (χ2v) is 7.39. The van der Waals surface area contributed by atoms with Gasteiger partial charge in [-0.3, -0.25) is 14.5 Å². The molecule has 2 saturated heterocycles. The van der Waals surface area contributed by atoms with Crippen molar-refractivity contribution < 1.29 is 9.59 Å². The monoisotopic (exact) mass is 343 g/mol. The van der Waals surface area contributed by atoms with Crippen molar-refractivity contribution in [3.63, 3.8) is 0 Å². The van der Waals surface area contributed by atoms with Crippen LogP contribution >= 0.6 is 0 Å². The van der Waals surface area contributed by atoms with Crippen molar-refractivity contribution in [2.75, 3.05) is 39.8 Å². The maximum Gasteiger partial charge on any atom is 0.226 e. The molecule has 2 aliphatic heterocycles. The third-order valence-corrected chi connectivity index (χ3v) is 5.56. The quantitative estimate of drug-likeness (QED) is 0.842. The van der Waals surface area contributed by atoms with Crippen molar-refractivity contribution in [2.45, 2.75) is 32.7 Å². The zero-order valence-electron chi connectivity index (χ0n) is 15.4. The fourth-order valence-electron chi connectivity index (χ4n) is 3.79. The number of hydrogen-bond donors (Lipinski definition) is 0. The number of carbonyl (C=O) groups is 2. The van der Waals surface area contributed by atoms with Crippen LogP contribution < -0.4 is 0 Å². The third-order valence-electron chi connectivity index (χ3n) is 5.56. The number of amides is 2. The SMILES string of the molecule is Cc1ccccc1CN1CCCN(C(=O)[C@H]2CCN(C)C(=O)C2)CC1. The number of benzene rings is 1. The van der Waals surface area contributed by atoms with Crippen molar-refractivity contribution in [1.82, 2.24) is 14.7 Å². The Morgan fingerprint density at radius 3 is 2.68 bits per heavy atom. The molecule has 25 heavy (non-hydrogen) atoms. The highest BCUT2D eigenvalue weighted by atomic mass is 16.2. The topological polar surface area (TPSA) is 43.9 Å². The molecule has 2 heterocycles. The van der Waals surface area contributed by atoms with Crippen molar-refractivity contribution in [1.29, 1.82) is 0 Å². The van der Waals surface area contributed by atoms with Crippen LogP contribution in [0.4, 0.5) is 0 Å². The summed E-state index contributed by atoms with van der Waals surface area (Å²) < 4.78 is 0.